The quantitative estimate of drug-likeness (QED) is 0.297. The maximum absolute atomic E-state index is 13.8. The van der Waals surface area contributed by atoms with Gasteiger partial charge >= 0.3 is 0 Å². The van der Waals surface area contributed by atoms with Crippen LogP contribution in [0.25, 0.3) is 0 Å². The number of rotatable bonds is 14. The molecule has 0 unspecified atom stereocenters. The van der Waals surface area contributed by atoms with Crippen molar-refractivity contribution < 1.29 is 27.9 Å². The average molecular weight is 594 g/mol. The summed E-state index contributed by atoms with van der Waals surface area (Å²) in [7, 11) is -1.93. The molecule has 3 aromatic carbocycles. The van der Waals surface area contributed by atoms with Crippen molar-refractivity contribution in [1.29, 1.82) is 0 Å². The van der Waals surface area contributed by atoms with E-state index < -0.39 is 16.1 Å². The van der Waals surface area contributed by atoms with Crippen LogP contribution in [0.5, 0.6) is 5.75 Å². The monoisotopic (exact) mass is 593 g/mol. The summed E-state index contributed by atoms with van der Waals surface area (Å²) in [5, 5.41) is 12.1. The van der Waals surface area contributed by atoms with Crippen LogP contribution in [0.1, 0.15) is 36.0 Å². The summed E-state index contributed by atoms with van der Waals surface area (Å²) >= 11 is 0. The van der Waals surface area contributed by atoms with Crippen molar-refractivity contribution in [2.75, 3.05) is 33.4 Å². The van der Waals surface area contributed by atoms with Crippen LogP contribution in [0, 0.1) is 0 Å². The predicted molar refractivity (Wildman–Crippen MR) is 160 cm³/mol. The number of hydrogen-bond donors (Lipinski definition) is 2. The molecule has 0 saturated carbocycles. The lowest BCUT2D eigenvalue weighted by Gasteiger charge is -2.31. The molecule has 0 aromatic heterocycles. The van der Waals surface area contributed by atoms with Crippen LogP contribution in [0.4, 0.5) is 0 Å². The van der Waals surface area contributed by atoms with E-state index in [0.717, 1.165) is 29.5 Å². The molecule has 1 aliphatic heterocycles. The fourth-order valence-corrected chi connectivity index (χ4v) is 6.60. The van der Waals surface area contributed by atoms with Crippen LogP contribution in [0.3, 0.4) is 0 Å². The first kappa shape index (κ1) is 31.2. The summed E-state index contributed by atoms with van der Waals surface area (Å²) in [6.07, 6.45) is 2.57. The Bertz CT molecular complexity index is 1410. The van der Waals surface area contributed by atoms with Gasteiger partial charge in [-0.2, -0.15) is 4.31 Å². The van der Waals surface area contributed by atoms with Gasteiger partial charge in [-0.25, -0.2) is 8.42 Å². The second kappa shape index (κ2) is 14.9. The number of nitrogens with zero attached hydrogens (tertiary/aromatic N) is 2. The Morgan fingerprint density at radius 1 is 0.929 bits per heavy atom. The van der Waals surface area contributed by atoms with Gasteiger partial charge in [0.05, 0.1) is 18.6 Å². The van der Waals surface area contributed by atoms with E-state index in [1.807, 2.05) is 54.6 Å². The van der Waals surface area contributed by atoms with Crippen LogP contribution in [-0.4, -0.2) is 73.9 Å². The summed E-state index contributed by atoms with van der Waals surface area (Å²) in [6.45, 7) is 1.16. The summed E-state index contributed by atoms with van der Waals surface area (Å²) in [5.41, 5.74) is 2.58. The van der Waals surface area contributed by atoms with Crippen molar-refractivity contribution in [2.45, 2.75) is 49.6 Å². The number of aliphatic hydroxyl groups excluding tert-OH is 1. The molecule has 10 heteroatoms. The van der Waals surface area contributed by atoms with E-state index in [2.05, 4.69) is 5.32 Å². The van der Waals surface area contributed by atoms with Gasteiger partial charge in [-0.05, 0) is 60.2 Å². The van der Waals surface area contributed by atoms with Gasteiger partial charge in [-0.1, -0.05) is 54.6 Å². The number of hydrogen-bond acceptors (Lipinski definition) is 6. The summed E-state index contributed by atoms with van der Waals surface area (Å²) in [5.74, 6) is 0.138. The number of amides is 2. The third-order valence-electron chi connectivity index (χ3n) is 7.45. The number of carbonyl (C=O) groups excluding carboxylic acids is 2. The minimum Gasteiger partial charge on any atom is -0.497 e. The van der Waals surface area contributed by atoms with Crippen molar-refractivity contribution in [3.05, 3.63) is 95.6 Å². The molecule has 9 nitrogen and oxygen atoms in total. The molecule has 0 bridgehead atoms. The van der Waals surface area contributed by atoms with E-state index in [1.54, 1.807) is 36.3 Å². The lowest BCUT2D eigenvalue weighted by atomic mass is 10.0. The Morgan fingerprint density at radius 3 is 2.19 bits per heavy atom. The first-order valence-corrected chi connectivity index (χ1v) is 15.7. The Labute approximate surface area is 248 Å². The number of aryl methyl sites for hydroxylation is 1. The largest absolute Gasteiger partial charge is 0.497 e. The van der Waals surface area contributed by atoms with Crippen molar-refractivity contribution in [1.82, 2.24) is 14.5 Å². The first-order valence-electron chi connectivity index (χ1n) is 14.3. The van der Waals surface area contributed by atoms with Crippen LogP contribution in [0.2, 0.25) is 0 Å². The summed E-state index contributed by atoms with van der Waals surface area (Å²) < 4.78 is 32.5. The number of methoxy groups -OCH3 is 1. The number of nitrogens with one attached hydrogen (secondary N) is 1. The first-order chi connectivity index (χ1) is 20.3. The third kappa shape index (κ3) is 8.18. The van der Waals surface area contributed by atoms with E-state index in [1.165, 1.54) is 4.31 Å². The molecule has 1 saturated heterocycles. The highest BCUT2D eigenvalue weighted by Gasteiger charge is 2.30. The molecular formula is C32H39N3O6S. The highest BCUT2D eigenvalue weighted by Crippen LogP contribution is 2.22. The summed E-state index contributed by atoms with van der Waals surface area (Å²) in [4.78, 5) is 29.0. The highest BCUT2D eigenvalue weighted by atomic mass is 32.2. The topological polar surface area (TPSA) is 116 Å². The third-order valence-corrected chi connectivity index (χ3v) is 9.36. The second-order valence-electron chi connectivity index (χ2n) is 10.3. The second-order valence-corrected chi connectivity index (χ2v) is 12.3. The number of sulfonamides is 1. The van der Waals surface area contributed by atoms with Gasteiger partial charge in [0, 0.05) is 39.0 Å². The molecule has 3 aromatic rings. The molecule has 42 heavy (non-hydrogen) atoms. The molecule has 4 rings (SSSR count). The summed E-state index contributed by atoms with van der Waals surface area (Å²) in [6, 6.07) is 22.8. The standard InChI is InChI=1S/C32H39N3O6S/c1-41-28-14-9-27(10-15-28)24-35(30(32(38)33-19-22-36)23-26-7-3-2-4-8-26)31(37)18-13-25-11-16-29(17-12-25)42(39,40)34-20-5-6-21-34/h2-4,7-12,14-17,30,36H,5-6,13,18-24H2,1H3,(H,33,38)/t30-/m1/s1. The number of aliphatic hydroxyl groups is 1. The van der Waals surface area contributed by atoms with Crippen LogP contribution in [-0.2, 0) is 39.0 Å². The van der Waals surface area contributed by atoms with E-state index in [4.69, 9.17) is 4.74 Å². The number of carbonyl (C=O) groups is 2. The van der Waals surface area contributed by atoms with E-state index in [0.29, 0.717) is 31.7 Å². The molecule has 0 radical (unpaired) electrons. The molecular weight excluding hydrogens is 554 g/mol. The molecule has 1 aliphatic rings. The lowest BCUT2D eigenvalue weighted by molar-refractivity contribution is -0.141. The molecule has 1 fully saturated rings. The molecule has 1 heterocycles. The zero-order valence-electron chi connectivity index (χ0n) is 23.9. The smallest absolute Gasteiger partial charge is 0.243 e. The molecule has 1 atom stereocenters. The van der Waals surface area contributed by atoms with Gasteiger partial charge < -0.3 is 20.1 Å². The van der Waals surface area contributed by atoms with Gasteiger partial charge in [-0.15, -0.1) is 0 Å². The van der Waals surface area contributed by atoms with Crippen molar-refractivity contribution in [3.63, 3.8) is 0 Å². The maximum atomic E-state index is 13.8. The van der Waals surface area contributed by atoms with E-state index in [9.17, 15) is 23.1 Å². The molecule has 224 valence electrons. The Kier molecular flexibility index (Phi) is 11.1. The van der Waals surface area contributed by atoms with Crippen molar-refractivity contribution in [3.8, 4) is 5.75 Å². The van der Waals surface area contributed by atoms with Crippen LogP contribution < -0.4 is 10.1 Å². The molecule has 2 amide bonds. The Balaban J connectivity index is 1.54. The van der Waals surface area contributed by atoms with Crippen molar-refractivity contribution >= 4 is 21.8 Å². The Hall–Kier alpha value is -3.73. The van der Waals surface area contributed by atoms with Gasteiger partial charge in [0.15, 0.2) is 0 Å². The van der Waals surface area contributed by atoms with Crippen LogP contribution in [0.15, 0.2) is 83.8 Å². The van der Waals surface area contributed by atoms with Crippen molar-refractivity contribution in [2.24, 2.45) is 0 Å². The minimum atomic E-state index is -3.51. The normalized spacial score (nSPS) is 14.3. The highest BCUT2D eigenvalue weighted by molar-refractivity contribution is 7.89. The van der Waals surface area contributed by atoms with Gasteiger partial charge in [-0.3, -0.25) is 9.59 Å². The van der Waals surface area contributed by atoms with Gasteiger partial charge in [0.1, 0.15) is 11.8 Å². The predicted octanol–water partition coefficient (Wildman–Crippen LogP) is 3.16. The maximum Gasteiger partial charge on any atom is 0.243 e. The minimum absolute atomic E-state index is 0.0847. The zero-order chi connectivity index (χ0) is 30.0. The van der Waals surface area contributed by atoms with Crippen LogP contribution >= 0.6 is 0 Å². The van der Waals surface area contributed by atoms with E-state index >= 15 is 0 Å². The number of ether oxygens (including phenoxy) is 1. The average Bonchev–Trinajstić information content (AvgIpc) is 3.58. The Morgan fingerprint density at radius 2 is 1.57 bits per heavy atom. The fourth-order valence-electron chi connectivity index (χ4n) is 5.08. The zero-order valence-corrected chi connectivity index (χ0v) is 24.8. The van der Waals surface area contributed by atoms with Gasteiger partial charge in [0.25, 0.3) is 0 Å². The fraction of sp³-hybridized carbons (Fsp3) is 0.375. The lowest BCUT2D eigenvalue weighted by Crippen LogP contribution is -2.51. The number of benzene rings is 3. The molecule has 2 N–H and O–H groups in total. The SMILES string of the molecule is COc1ccc(CN(C(=O)CCc2ccc(S(=O)(=O)N3CCCC3)cc2)[C@H](Cc2ccccc2)C(=O)NCCO)cc1. The molecule has 0 aliphatic carbocycles. The van der Waals surface area contributed by atoms with Gasteiger partial charge in [0.2, 0.25) is 21.8 Å². The van der Waals surface area contributed by atoms with E-state index in [-0.39, 0.29) is 42.8 Å². The molecule has 0 spiro atoms.